The summed E-state index contributed by atoms with van der Waals surface area (Å²) in [6.07, 6.45) is -1.81. The van der Waals surface area contributed by atoms with E-state index in [9.17, 15) is 22.4 Å². The van der Waals surface area contributed by atoms with Crippen LogP contribution in [0.1, 0.15) is 15.9 Å². The average molecular weight is 450 g/mol. The SMILES string of the molecule is O=C(Nc1ccn2cnnc2c1Nc1ccccc1Cl)c1cc(F)cc(C(F)(F)F)c1. The van der Waals surface area contributed by atoms with Gasteiger partial charge in [-0.05, 0) is 36.4 Å². The first-order valence-electron chi connectivity index (χ1n) is 8.75. The third kappa shape index (κ3) is 4.29. The van der Waals surface area contributed by atoms with Gasteiger partial charge in [0.25, 0.3) is 5.91 Å². The Morgan fingerprint density at radius 1 is 1.06 bits per heavy atom. The van der Waals surface area contributed by atoms with Gasteiger partial charge in [0.05, 0.1) is 22.0 Å². The maximum absolute atomic E-state index is 13.7. The Morgan fingerprint density at radius 2 is 1.84 bits per heavy atom. The Bertz CT molecular complexity index is 1290. The van der Waals surface area contributed by atoms with Gasteiger partial charge in [-0.25, -0.2) is 4.39 Å². The van der Waals surface area contributed by atoms with Gasteiger partial charge in [-0.3, -0.25) is 9.20 Å². The summed E-state index contributed by atoms with van der Waals surface area (Å²) in [7, 11) is 0. The molecule has 31 heavy (non-hydrogen) atoms. The van der Waals surface area contributed by atoms with Crippen molar-refractivity contribution in [2.75, 3.05) is 10.6 Å². The van der Waals surface area contributed by atoms with Gasteiger partial charge >= 0.3 is 6.18 Å². The Balaban J connectivity index is 1.73. The fraction of sp³-hybridized carbons (Fsp3) is 0.0500. The van der Waals surface area contributed by atoms with Gasteiger partial charge in [-0.15, -0.1) is 10.2 Å². The van der Waals surface area contributed by atoms with E-state index in [-0.39, 0.29) is 5.69 Å². The van der Waals surface area contributed by atoms with Crippen LogP contribution < -0.4 is 10.6 Å². The van der Waals surface area contributed by atoms with Gasteiger partial charge in [-0.1, -0.05) is 23.7 Å². The third-order valence-electron chi connectivity index (χ3n) is 4.34. The molecule has 1 amide bonds. The lowest BCUT2D eigenvalue weighted by Gasteiger charge is -2.15. The quantitative estimate of drug-likeness (QED) is 0.401. The normalized spacial score (nSPS) is 11.5. The lowest BCUT2D eigenvalue weighted by Crippen LogP contribution is -2.16. The summed E-state index contributed by atoms with van der Waals surface area (Å²) >= 11 is 6.19. The van der Waals surface area contributed by atoms with Crippen molar-refractivity contribution in [3.63, 3.8) is 0 Å². The Morgan fingerprint density at radius 3 is 2.58 bits per heavy atom. The van der Waals surface area contributed by atoms with E-state index in [0.717, 1.165) is 6.07 Å². The monoisotopic (exact) mass is 449 g/mol. The summed E-state index contributed by atoms with van der Waals surface area (Å²) in [5.74, 6) is -2.11. The van der Waals surface area contributed by atoms with Crippen LogP contribution in [0.25, 0.3) is 5.65 Å². The molecule has 0 radical (unpaired) electrons. The summed E-state index contributed by atoms with van der Waals surface area (Å²) in [5, 5.41) is 13.7. The number of anilines is 3. The highest BCUT2D eigenvalue weighted by atomic mass is 35.5. The third-order valence-corrected chi connectivity index (χ3v) is 4.67. The molecular weight excluding hydrogens is 438 g/mol. The molecule has 0 saturated heterocycles. The highest BCUT2D eigenvalue weighted by Crippen LogP contribution is 2.33. The Kier molecular flexibility index (Phi) is 5.24. The van der Waals surface area contributed by atoms with Crippen LogP contribution in [0, 0.1) is 5.82 Å². The minimum atomic E-state index is -4.80. The van der Waals surface area contributed by atoms with Crippen LogP contribution in [0.3, 0.4) is 0 Å². The molecule has 2 aromatic heterocycles. The van der Waals surface area contributed by atoms with Crippen molar-refractivity contribution < 1.29 is 22.4 Å². The highest BCUT2D eigenvalue weighted by Gasteiger charge is 2.32. The Hall–Kier alpha value is -3.66. The standard InChI is InChI=1S/C20H12ClF4N5O/c21-14-3-1-2-4-15(14)27-17-16(5-6-30-10-26-29-18(17)30)28-19(31)11-7-12(20(23,24)25)9-13(22)8-11/h1-10,27H,(H,28,31). The molecule has 0 fully saturated rings. The van der Waals surface area contributed by atoms with Gasteiger partial charge in [0.2, 0.25) is 0 Å². The molecule has 0 aliphatic carbocycles. The summed E-state index contributed by atoms with van der Waals surface area (Å²) in [4.78, 5) is 12.6. The van der Waals surface area contributed by atoms with Crippen molar-refractivity contribution in [2.24, 2.45) is 0 Å². The number of aromatic nitrogens is 3. The molecule has 11 heteroatoms. The van der Waals surface area contributed by atoms with Crippen molar-refractivity contribution in [3.8, 4) is 0 Å². The molecule has 0 aliphatic heterocycles. The largest absolute Gasteiger partial charge is 0.416 e. The Labute approximate surface area is 177 Å². The number of pyridine rings is 1. The number of alkyl halides is 3. The zero-order chi connectivity index (χ0) is 22.2. The molecule has 0 saturated carbocycles. The second-order valence-electron chi connectivity index (χ2n) is 6.45. The van der Waals surface area contributed by atoms with Crippen molar-refractivity contribution in [3.05, 3.63) is 83.0 Å². The van der Waals surface area contributed by atoms with Crippen LogP contribution >= 0.6 is 11.6 Å². The summed E-state index contributed by atoms with van der Waals surface area (Å²) < 4.78 is 54.2. The zero-order valence-corrected chi connectivity index (χ0v) is 16.2. The molecule has 0 atom stereocenters. The van der Waals surface area contributed by atoms with E-state index < -0.39 is 29.0 Å². The number of rotatable bonds is 4. The van der Waals surface area contributed by atoms with Crippen LogP contribution in [-0.2, 0) is 6.18 Å². The number of amides is 1. The molecule has 0 aliphatic rings. The number of halogens is 5. The minimum absolute atomic E-state index is 0.184. The number of hydrogen-bond acceptors (Lipinski definition) is 4. The summed E-state index contributed by atoms with van der Waals surface area (Å²) in [6.45, 7) is 0. The maximum atomic E-state index is 13.7. The van der Waals surface area contributed by atoms with Gasteiger partial charge in [0, 0.05) is 11.8 Å². The van der Waals surface area contributed by atoms with Crippen LogP contribution in [0.15, 0.2) is 61.1 Å². The van der Waals surface area contributed by atoms with Crippen molar-refractivity contribution >= 4 is 40.2 Å². The maximum Gasteiger partial charge on any atom is 0.416 e. The van der Waals surface area contributed by atoms with Gasteiger partial charge in [0.1, 0.15) is 17.8 Å². The van der Waals surface area contributed by atoms with E-state index in [1.807, 2.05) is 0 Å². The van der Waals surface area contributed by atoms with Gasteiger partial charge < -0.3 is 10.6 Å². The molecule has 0 spiro atoms. The molecule has 158 valence electrons. The highest BCUT2D eigenvalue weighted by molar-refractivity contribution is 6.33. The van der Waals surface area contributed by atoms with Crippen molar-refractivity contribution in [1.29, 1.82) is 0 Å². The average Bonchev–Trinajstić information content (AvgIpc) is 3.19. The summed E-state index contributed by atoms with van der Waals surface area (Å²) in [5.41, 5.74) is -0.441. The first kappa shape index (κ1) is 20.6. The van der Waals surface area contributed by atoms with Crippen LogP contribution in [0.2, 0.25) is 5.02 Å². The molecule has 4 aromatic rings. The van der Waals surface area contributed by atoms with E-state index in [1.54, 1.807) is 34.9 Å². The number of nitrogens with one attached hydrogen (secondary N) is 2. The molecule has 2 aromatic carbocycles. The fourth-order valence-electron chi connectivity index (χ4n) is 2.89. The predicted molar refractivity (Wildman–Crippen MR) is 107 cm³/mol. The van der Waals surface area contributed by atoms with Gasteiger partial charge in [-0.2, -0.15) is 13.2 Å². The smallest absolute Gasteiger partial charge is 0.349 e. The number of para-hydroxylation sites is 1. The van der Waals surface area contributed by atoms with E-state index in [2.05, 4.69) is 20.8 Å². The molecule has 4 rings (SSSR count). The van der Waals surface area contributed by atoms with Crippen LogP contribution in [0.4, 0.5) is 34.6 Å². The van der Waals surface area contributed by atoms with E-state index in [1.165, 1.54) is 12.4 Å². The van der Waals surface area contributed by atoms with E-state index in [4.69, 9.17) is 11.6 Å². The van der Waals surface area contributed by atoms with Crippen molar-refractivity contribution in [2.45, 2.75) is 6.18 Å². The minimum Gasteiger partial charge on any atom is -0.349 e. The number of fused-ring (bicyclic) bond motifs is 1. The molecule has 0 unspecified atom stereocenters. The molecule has 2 heterocycles. The molecule has 2 N–H and O–H groups in total. The molecular formula is C20H12ClF4N5O. The molecule has 0 bridgehead atoms. The van der Waals surface area contributed by atoms with E-state index >= 15 is 0 Å². The predicted octanol–water partition coefficient (Wildman–Crippen LogP) is 5.54. The second kappa shape index (κ2) is 7.88. The lowest BCUT2D eigenvalue weighted by molar-refractivity contribution is -0.137. The zero-order valence-electron chi connectivity index (χ0n) is 15.4. The van der Waals surface area contributed by atoms with Crippen molar-refractivity contribution in [1.82, 2.24) is 14.6 Å². The van der Waals surface area contributed by atoms with Gasteiger partial charge in [0.15, 0.2) is 5.65 Å². The number of nitrogens with zero attached hydrogens (tertiary/aromatic N) is 3. The number of hydrogen-bond donors (Lipinski definition) is 2. The second-order valence-corrected chi connectivity index (χ2v) is 6.86. The summed E-state index contributed by atoms with van der Waals surface area (Å²) in [6, 6.07) is 9.93. The first-order valence-corrected chi connectivity index (χ1v) is 9.13. The number of benzene rings is 2. The first-order chi connectivity index (χ1) is 14.7. The van der Waals surface area contributed by atoms with Crippen LogP contribution in [0.5, 0.6) is 0 Å². The lowest BCUT2D eigenvalue weighted by atomic mass is 10.1. The molecule has 6 nitrogen and oxygen atoms in total. The topological polar surface area (TPSA) is 71.3 Å². The fourth-order valence-corrected chi connectivity index (χ4v) is 3.08. The number of carbonyl (C=O) groups is 1. The van der Waals surface area contributed by atoms with Crippen LogP contribution in [-0.4, -0.2) is 20.5 Å². The van der Waals surface area contributed by atoms with E-state index in [0.29, 0.717) is 34.2 Å². The number of carbonyl (C=O) groups excluding carboxylic acids is 1.